The van der Waals surface area contributed by atoms with Crippen molar-refractivity contribution in [2.45, 2.75) is 24.3 Å². The fourth-order valence-electron chi connectivity index (χ4n) is 1.78. The molecule has 8 nitrogen and oxygen atoms in total. The van der Waals surface area contributed by atoms with Crippen LogP contribution in [0.15, 0.2) is 29.2 Å². The molecule has 3 N–H and O–H groups in total. The van der Waals surface area contributed by atoms with Crippen molar-refractivity contribution in [1.82, 2.24) is 14.9 Å². The molecule has 1 aromatic rings. The van der Waals surface area contributed by atoms with Gasteiger partial charge in [0.05, 0.1) is 4.90 Å². The fourth-order valence-corrected chi connectivity index (χ4v) is 2.89. The summed E-state index contributed by atoms with van der Waals surface area (Å²) < 4.78 is 25.5. The molecule has 1 rings (SSSR count). The van der Waals surface area contributed by atoms with Gasteiger partial charge in [-0.1, -0.05) is 18.2 Å². The first-order valence-corrected chi connectivity index (χ1v) is 8.43. The smallest absolute Gasteiger partial charge is 0.315 e. The molecule has 2 amide bonds. The van der Waals surface area contributed by atoms with E-state index in [2.05, 4.69) is 10.6 Å². The van der Waals surface area contributed by atoms with Crippen molar-refractivity contribution < 1.29 is 23.1 Å². The van der Waals surface area contributed by atoms with Crippen LogP contribution in [0.1, 0.15) is 18.4 Å². The minimum absolute atomic E-state index is 0.0236. The quantitative estimate of drug-likeness (QED) is 0.598. The average Bonchev–Trinajstić information content (AvgIpc) is 2.49. The Bertz CT molecular complexity index is 658. The molecule has 0 saturated carbocycles. The molecule has 0 radical (unpaired) electrons. The Morgan fingerprint density at radius 2 is 1.83 bits per heavy atom. The number of carbonyl (C=O) groups is 2. The summed E-state index contributed by atoms with van der Waals surface area (Å²) in [6, 6.07) is 5.94. The van der Waals surface area contributed by atoms with Gasteiger partial charge in [-0.2, -0.15) is 0 Å². The molecule has 0 spiro atoms. The van der Waals surface area contributed by atoms with Gasteiger partial charge in [-0.15, -0.1) is 0 Å². The Morgan fingerprint density at radius 3 is 2.43 bits per heavy atom. The largest absolute Gasteiger partial charge is 0.481 e. The van der Waals surface area contributed by atoms with Crippen LogP contribution in [0.4, 0.5) is 4.79 Å². The van der Waals surface area contributed by atoms with Gasteiger partial charge in [0.2, 0.25) is 10.0 Å². The maximum Gasteiger partial charge on any atom is 0.315 e. The number of nitrogens with zero attached hydrogens (tertiary/aromatic N) is 1. The van der Waals surface area contributed by atoms with E-state index in [9.17, 15) is 18.0 Å². The number of carboxylic acids is 1. The summed E-state index contributed by atoms with van der Waals surface area (Å²) in [6.45, 7) is 0.282. The van der Waals surface area contributed by atoms with E-state index in [1.807, 2.05) is 0 Å². The number of hydrogen-bond donors (Lipinski definition) is 3. The van der Waals surface area contributed by atoms with E-state index < -0.39 is 22.0 Å². The topological polar surface area (TPSA) is 116 Å². The van der Waals surface area contributed by atoms with E-state index in [0.717, 1.165) is 4.31 Å². The van der Waals surface area contributed by atoms with Crippen molar-refractivity contribution in [2.24, 2.45) is 0 Å². The molecule has 23 heavy (non-hydrogen) atoms. The maximum absolute atomic E-state index is 12.2. The number of hydrogen-bond acceptors (Lipinski definition) is 4. The summed E-state index contributed by atoms with van der Waals surface area (Å²) in [5, 5.41) is 13.6. The van der Waals surface area contributed by atoms with Gasteiger partial charge in [-0.05, 0) is 18.1 Å². The van der Waals surface area contributed by atoms with Crippen molar-refractivity contribution >= 4 is 22.0 Å². The average molecular weight is 343 g/mol. The van der Waals surface area contributed by atoms with Crippen LogP contribution in [0, 0.1) is 0 Å². The molecule has 9 heteroatoms. The van der Waals surface area contributed by atoms with Crippen LogP contribution in [-0.4, -0.2) is 50.5 Å². The molecular weight excluding hydrogens is 322 g/mol. The van der Waals surface area contributed by atoms with E-state index in [4.69, 9.17) is 5.11 Å². The fraction of sp³-hybridized carbons (Fsp3) is 0.429. The molecule has 0 unspecified atom stereocenters. The molecule has 128 valence electrons. The van der Waals surface area contributed by atoms with E-state index in [-0.39, 0.29) is 24.4 Å². The third-order valence-electron chi connectivity index (χ3n) is 3.02. The summed E-state index contributed by atoms with van der Waals surface area (Å²) in [6.07, 6.45) is 0.304. The van der Waals surface area contributed by atoms with E-state index in [0.29, 0.717) is 12.0 Å². The number of rotatable bonds is 8. The molecular formula is C14H21N3O5S. The maximum atomic E-state index is 12.2. The molecule has 0 saturated heterocycles. The third-order valence-corrected chi connectivity index (χ3v) is 4.94. The Labute approximate surface area is 135 Å². The molecule has 0 aliphatic carbocycles. The van der Waals surface area contributed by atoms with Gasteiger partial charge in [0, 0.05) is 33.6 Å². The third kappa shape index (κ3) is 5.87. The highest BCUT2D eigenvalue weighted by molar-refractivity contribution is 7.89. The SMILES string of the molecule is CN(C)S(=O)(=O)c1ccccc1CNC(=O)NCCCC(=O)O. The number of carboxylic acid groups (broad SMARTS) is 1. The van der Waals surface area contributed by atoms with Gasteiger partial charge in [0.1, 0.15) is 0 Å². The Hall–Kier alpha value is -2.13. The van der Waals surface area contributed by atoms with E-state index >= 15 is 0 Å². The predicted octanol–water partition coefficient (Wildman–Crippen LogP) is 0.601. The van der Waals surface area contributed by atoms with Crippen LogP contribution in [0.3, 0.4) is 0 Å². The molecule has 0 aliphatic rings. The first-order valence-electron chi connectivity index (χ1n) is 6.99. The zero-order valence-electron chi connectivity index (χ0n) is 13.1. The summed E-state index contributed by atoms with van der Waals surface area (Å²) in [5.74, 6) is -0.921. The number of benzene rings is 1. The number of aliphatic carboxylic acids is 1. The summed E-state index contributed by atoms with van der Waals surface area (Å²) in [4.78, 5) is 22.1. The molecule has 0 aromatic heterocycles. The molecule has 1 aromatic carbocycles. The normalized spacial score (nSPS) is 11.3. The minimum atomic E-state index is -3.59. The van der Waals surface area contributed by atoms with Crippen molar-refractivity contribution in [3.8, 4) is 0 Å². The summed E-state index contributed by atoms with van der Waals surface area (Å²) in [7, 11) is -0.711. The van der Waals surface area contributed by atoms with Crippen molar-refractivity contribution in [3.63, 3.8) is 0 Å². The monoisotopic (exact) mass is 343 g/mol. The van der Waals surface area contributed by atoms with Crippen molar-refractivity contribution in [1.29, 1.82) is 0 Å². The number of urea groups is 1. The minimum Gasteiger partial charge on any atom is -0.481 e. The first-order chi connectivity index (χ1) is 10.7. The van der Waals surface area contributed by atoms with Crippen LogP contribution >= 0.6 is 0 Å². The lowest BCUT2D eigenvalue weighted by atomic mass is 10.2. The highest BCUT2D eigenvalue weighted by Gasteiger charge is 2.20. The van der Waals surface area contributed by atoms with Crippen LogP contribution < -0.4 is 10.6 Å². The number of amides is 2. The molecule has 0 bridgehead atoms. The van der Waals surface area contributed by atoms with E-state index in [1.54, 1.807) is 18.2 Å². The second-order valence-electron chi connectivity index (χ2n) is 5.00. The molecule has 0 heterocycles. The molecule has 0 fully saturated rings. The van der Waals surface area contributed by atoms with Gasteiger partial charge in [0.25, 0.3) is 0 Å². The molecule has 0 atom stereocenters. The van der Waals surface area contributed by atoms with Crippen LogP contribution in [0.25, 0.3) is 0 Å². The van der Waals surface area contributed by atoms with Gasteiger partial charge in [-0.3, -0.25) is 4.79 Å². The standard InChI is InChI=1S/C14H21N3O5S/c1-17(2)23(21,22)12-7-4-3-6-11(12)10-16-14(20)15-9-5-8-13(18)19/h3-4,6-7H,5,8-10H2,1-2H3,(H,18,19)(H2,15,16,20). The lowest BCUT2D eigenvalue weighted by Crippen LogP contribution is -2.36. The predicted molar refractivity (Wildman–Crippen MR) is 84.4 cm³/mol. The highest BCUT2D eigenvalue weighted by Crippen LogP contribution is 2.18. The van der Waals surface area contributed by atoms with Gasteiger partial charge in [-0.25, -0.2) is 17.5 Å². The van der Waals surface area contributed by atoms with E-state index in [1.165, 1.54) is 20.2 Å². The zero-order chi connectivity index (χ0) is 17.5. The number of sulfonamides is 1. The highest BCUT2D eigenvalue weighted by atomic mass is 32.2. The lowest BCUT2D eigenvalue weighted by molar-refractivity contribution is -0.137. The second-order valence-corrected chi connectivity index (χ2v) is 7.12. The second kappa shape index (κ2) is 8.49. The van der Waals surface area contributed by atoms with Gasteiger partial charge >= 0.3 is 12.0 Å². The zero-order valence-corrected chi connectivity index (χ0v) is 13.9. The van der Waals surface area contributed by atoms with Crippen LogP contribution in [0.5, 0.6) is 0 Å². The number of nitrogens with one attached hydrogen (secondary N) is 2. The van der Waals surface area contributed by atoms with Crippen molar-refractivity contribution in [3.05, 3.63) is 29.8 Å². The van der Waals surface area contributed by atoms with Crippen molar-refractivity contribution in [2.75, 3.05) is 20.6 Å². The van der Waals surface area contributed by atoms with Crippen LogP contribution in [0.2, 0.25) is 0 Å². The summed E-state index contributed by atoms with van der Waals surface area (Å²) in [5.41, 5.74) is 0.474. The Morgan fingerprint density at radius 1 is 1.17 bits per heavy atom. The summed E-state index contributed by atoms with van der Waals surface area (Å²) >= 11 is 0. The molecule has 0 aliphatic heterocycles. The van der Waals surface area contributed by atoms with Gasteiger partial charge < -0.3 is 15.7 Å². The van der Waals surface area contributed by atoms with Gasteiger partial charge in [0.15, 0.2) is 0 Å². The number of carbonyl (C=O) groups excluding carboxylic acids is 1. The Kier molecular flexibility index (Phi) is 6.98. The lowest BCUT2D eigenvalue weighted by Gasteiger charge is -2.15. The van der Waals surface area contributed by atoms with Crippen LogP contribution in [-0.2, 0) is 21.4 Å². The Balaban J connectivity index is 2.62. The first kappa shape index (κ1) is 18.9.